The van der Waals surface area contributed by atoms with E-state index in [9.17, 15) is 4.79 Å². The molecule has 0 bridgehead atoms. The Kier molecular flexibility index (Phi) is 6.71. The number of carbonyl (C=O) groups is 1. The molecule has 7 heteroatoms. The maximum absolute atomic E-state index is 12.5. The predicted octanol–water partition coefficient (Wildman–Crippen LogP) is 3.59. The molecule has 0 aliphatic carbocycles. The fraction of sp³-hybridized carbons (Fsp3) is 0.286. The van der Waals surface area contributed by atoms with Crippen molar-refractivity contribution in [1.29, 1.82) is 0 Å². The molecule has 1 heterocycles. The van der Waals surface area contributed by atoms with Gasteiger partial charge < -0.3 is 9.64 Å². The molecule has 3 aromatic rings. The second-order valence-electron chi connectivity index (χ2n) is 6.39. The summed E-state index contributed by atoms with van der Waals surface area (Å²) in [5.74, 6) is 1.14. The fourth-order valence-corrected chi connectivity index (χ4v) is 3.59. The number of ether oxygens (including phenoxy) is 1. The molecule has 6 nitrogen and oxygen atoms in total. The zero-order chi connectivity index (χ0) is 19.9. The summed E-state index contributed by atoms with van der Waals surface area (Å²) < 4.78 is 7.05. The molecule has 28 heavy (non-hydrogen) atoms. The molecule has 0 N–H and O–H groups in total. The fourth-order valence-electron chi connectivity index (χ4n) is 2.72. The van der Waals surface area contributed by atoms with E-state index in [1.807, 2.05) is 35.9 Å². The van der Waals surface area contributed by atoms with E-state index in [1.54, 1.807) is 18.3 Å². The minimum Gasteiger partial charge on any atom is -0.497 e. The Labute approximate surface area is 169 Å². The highest BCUT2D eigenvalue weighted by molar-refractivity contribution is 7.99. The zero-order valence-corrected chi connectivity index (χ0v) is 17.1. The van der Waals surface area contributed by atoms with Crippen molar-refractivity contribution in [3.8, 4) is 11.4 Å². The Hall–Kier alpha value is -2.80. The second-order valence-corrected chi connectivity index (χ2v) is 7.33. The third-order valence-electron chi connectivity index (χ3n) is 4.47. The van der Waals surface area contributed by atoms with Crippen LogP contribution in [0, 0.1) is 0 Å². The van der Waals surface area contributed by atoms with Crippen LogP contribution in [0.2, 0.25) is 0 Å². The molecule has 0 radical (unpaired) electrons. The Balaban J connectivity index is 1.59. The average Bonchev–Trinajstić information content (AvgIpc) is 3.21. The lowest BCUT2D eigenvalue weighted by atomic mass is 10.1. The first kappa shape index (κ1) is 19.9. The molecule has 3 rings (SSSR count). The van der Waals surface area contributed by atoms with Crippen LogP contribution in [-0.2, 0) is 17.8 Å². The molecular weight excluding hydrogens is 372 g/mol. The first-order chi connectivity index (χ1) is 13.6. The van der Waals surface area contributed by atoms with Crippen molar-refractivity contribution in [3.63, 3.8) is 0 Å². The van der Waals surface area contributed by atoms with Crippen LogP contribution in [0.3, 0.4) is 0 Å². The Morgan fingerprint density at radius 3 is 2.43 bits per heavy atom. The average molecular weight is 397 g/mol. The highest BCUT2D eigenvalue weighted by Crippen LogP contribution is 2.22. The molecule has 1 amide bonds. The minimum absolute atomic E-state index is 0.0499. The van der Waals surface area contributed by atoms with Gasteiger partial charge >= 0.3 is 0 Å². The van der Waals surface area contributed by atoms with E-state index in [1.165, 1.54) is 17.3 Å². The van der Waals surface area contributed by atoms with Gasteiger partial charge in [-0.3, -0.25) is 9.36 Å². The maximum Gasteiger partial charge on any atom is 0.233 e. The van der Waals surface area contributed by atoms with Crippen molar-refractivity contribution < 1.29 is 9.53 Å². The van der Waals surface area contributed by atoms with E-state index in [4.69, 9.17) is 4.74 Å². The van der Waals surface area contributed by atoms with Crippen LogP contribution >= 0.6 is 11.8 Å². The minimum atomic E-state index is 0.0499. The largest absolute Gasteiger partial charge is 0.497 e. The van der Waals surface area contributed by atoms with Gasteiger partial charge in [0, 0.05) is 19.3 Å². The normalized spacial score (nSPS) is 10.7. The van der Waals surface area contributed by atoms with Gasteiger partial charge in [0.25, 0.3) is 0 Å². The van der Waals surface area contributed by atoms with Crippen LogP contribution in [-0.4, -0.2) is 45.5 Å². The summed E-state index contributed by atoms with van der Waals surface area (Å²) in [5.41, 5.74) is 3.34. The number of hydrogen-bond donors (Lipinski definition) is 0. The van der Waals surface area contributed by atoms with Crippen LogP contribution in [0.15, 0.2) is 60.0 Å². The lowest BCUT2D eigenvalue weighted by Crippen LogP contribution is -2.27. The topological polar surface area (TPSA) is 60.2 Å². The van der Waals surface area contributed by atoms with E-state index in [0.29, 0.717) is 17.5 Å². The molecule has 0 saturated carbocycles. The lowest BCUT2D eigenvalue weighted by molar-refractivity contribution is -0.127. The van der Waals surface area contributed by atoms with Crippen molar-refractivity contribution in [3.05, 3.63) is 66.0 Å². The molecule has 2 aromatic carbocycles. The molecule has 146 valence electrons. The van der Waals surface area contributed by atoms with Crippen molar-refractivity contribution in [2.24, 2.45) is 0 Å². The van der Waals surface area contributed by atoms with Gasteiger partial charge in [0.1, 0.15) is 12.1 Å². The monoisotopic (exact) mass is 396 g/mol. The Morgan fingerprint density at radius 1 is 1.11 bits per heavy atom. The summed E-state index contributed by atoms with van der Waals surface area (Å²) in [5, 5.41) is 8.81. The van der Waals surface area contributed by atoms with Crippen LogP contribution in [0.25, 0.3) is 5.69 Å². The Bertz CT molecular complexity index is 907. The van der Waals surface area contributed by atoms with Gasteiger partial charge in [-0.25, -0.2) is 0 Å². The number of benzene rings is 2. The predicted molar refractivity (Wildman–Crippen MR) is 111 cm³/mol. The number of hydrogen-bond acceptors (Lipinski definition) is 5. The highest BCUT2D eigenvalue weighted by atomic mass is 32.2. The number of carbonyl (C=O) groups excluding carboxylic acids is 1. The molecule has 0 atom stereocenters. The van der Waals surface area contributed by atoms with E-state index in [2.05, 4.69) is 41.4 Å². The summed E-state index contributed by atoms with van der Waals surface area (Å²) in [4.78, 5) is 14.3. The zero-order valence-electron chi connectivity index (χ0n) is 16.3. The summed E-state index contributed by atoms with van der Waals surface area (Å²) in [7, 11) is 3.46. The summed E-state index contributed by atoms with van der Waals surface area (Å²) >= 11 is 1.38. The number of aromatic nitrogens is 3. The molecule has 1 aromatic heterocycles. The van der Waals surface area contributed by atoms with Gasteiger partial charge in [-0.2, -0.15) is 0 Å². The van der Waals surface area contributed by atoms with Gasteiger partial charge in [-0.05, 0) is 41.8 Å². The molecule has 0 saturated heterocycles. The van der Waals surface area contributed by atoms with E-state index in [-0.39, 0.29) is 5.91 Å². The van der Waals surface area contributed by atoms with Crippen molar-refractivity contribution >= 4 is 17.7 Å². The van der Waals surface area contributed by atoms with Gasteiger partial charge in [-0.1, -0.05) is 43.0 Å². The van der Waals surface area contributed by atoms with E-state index in [0.717, 1.165) is 23.4 Å². The van der Waals surface area contributed by atoms with Gasteiger partial charge in [-0.15, -0.1) is 10.2 Å². The SMILES string of the molecule is CCc1ccc(CN(C)C(=O)CSc2nncn2-c2ccc(OC)cc2)cc1. The standard InChI is InChI=1S/C21H24N4O2S/c1-4-16-5-7-17(8-6-16)13-24(2)20(26)14-28-21-23-22-15-25(21)18-9-11-19(27-3)12-10-18/h5-12,15H,4,13-14H2,1-3H3. The summed E-state index contributed by atoms with van der Waals surface area (Å²) in [6, 6.07) is 16.0. The van der Waals surface area contributed by atoms with Crippen LogP contribution in [0.1, 0.15) is 18.1 Å². The molecule has 0 aliphatic heterocycles. The highest BCUT2D eigenvalue weighted by Gasteiger charge is 2.14. The summed E-state index contributed by atoms with van der Waals surface area (Å²) in [6.07, 6.45) is 2.66. The first-order valence-electron chi connectivity index (χ1n) is 9.09. The number of aryl methyl sites for hydroxylation is 1. The molecule has 0 fully saturated rings. The smallest absolute Gasteiger partial charge is 0.233 e. The quantitative estimate of drug-likeness (QED) is 0.545. The first-order valence-corrected chi connectivity index (χ1v) is 10.1. The number of rotatable bonds is 8. The van der Waals surface area contributed by atoms with Gasteiger partial charge in [0.15, 0.2) is 5.16 Å². The third-order valence-corrected chi connectivity index (χ3v) is 5.40. The van der Waals surface area contributed by atoms with Crippen molar-refractivity contribution in [1.82, 2.24) is 19.7 Å². The van der Waals surface area contributed by atoms with Crippen molar-refractivity contribution in [2.75, 3.05) is 19.9 Å². The number of amides is 1. The van der Waals surface area contributed by atoms with Gasteiger partial charge in [0.2, 0.25) is 5.91 Å². The molecule has 0 unspecified atom stereocenters. The number of methoxy groups -OCH3 is 1. The van der Waals surface area contributed by atoms with Crippen LogP contribution in [0.5, 0.6) is 5.75 Å². The number of nitrogens with zero attached hydrogens (tertiary/aromatic N) is 4. The summed E-state index contributed by atoms with van der Waals surface area (Å²) in [6.45, 7) is 2.72. The van der Waals surface area contributed by atoms with E-state index < -0.39 is 0 Å². The molecule has 0 aliphatic rings. The van der Waals surface area contributed by atoms with Crippen LogP contribution < -0.4 is 4.74 Å². The Morgan fingerprint density at radius 2 is 1.79 bits per heavy atom. The van der Waals surface area contributed by atoms with Gasteiger partial charge in [0.05, 0.1) is 12.9 Å². The second kappa shape index (κ2) is 9.41. The molecule has 0 spiro atoms. The maximum atomic E-state index is 12.5. The van der Waals surface area contributed by atoms with Crippen molar-refractivity contribution in [2.45, 2.75) is 25.0 Å². The molecular formula is C21H24N4O2S. The third kappa shape index (κ3) is 4.92. The van der Waals surface area contributed by atoms with Crippen LogP contribution in [0.4, 0.5) is 0 Å². The van der Waals surface area contributed by atoms with E-state index >= 15 is 0 Å². The number of thioether (sulfide) groups is 1. The lowest BCUT2D eigenvalue weighted by Gasteiger charge is -2.17.